The van der Waals surface area contributed by atoms with Gasteiger partial charge in [0.05, 0.1) is 16.1 Å². The second kappa shape index (κ2) is 12.3. The van der Waals surface area contributed by atoms with Crippen molar-refractivity contribution in [3.8, 4) is 10.4 Å². The molecule has 3 amide bonds. The number of aryl methyl sites for hydroxylation is 1. The minimum absolute atomic E-state index is 0.177. The second-order valence-electron chi connectivity index (χ2n) is 11.1. The van der Waals surface area contributed by atoms with E-state index in [0.29, 0.717) is 25.9 Å². The Bertz CT molecular complexity index is 1370. The minimum atomic E-state index is -1.71. The van der Waals surface area contributed by atoms with Gasteiger partial charge in [-0.1, -0.05) is 57.2 Å². The largest absolute Gasteiger partial charge is 0.488 e. The van der Waals surface area contributed by atoms with Gasteiger partial charge >= 0.3 is 7.12 Å². The molecular weight excluding hydrogens is 527 g/mol. The summed E-state index contributed by atoms with van der Waals surface area (Å²) in [6.45, 7) is 8.30. The first-order valence-electron chi connectivity index (χ1n) is 13.3. The first kappa shape index (κ1) is 29.4. The van der Waals surface area contributed by atoms with Crippen molar-refractivity contribution in [2.45, 2.75) is 59.2 Å². The second-order valence-corrected chi connectivity index (χ2v) is 12.0. The molecule has 1 aromatic heterocycles. The fraction of sp³-hybridized carbons (Fsp3) is 0.379. The Morgan fingerprint density at radius 1 is 1.15 bits per heavy atom. The number of nitrogens with zero attached hydrogens (tertiary/aromatic N) is 2. The molecule has 0 saturated carbocycles. The number of hydrogen-bond acceptors (Lipinski definition) is 7. The standard InChI is InChI=1S/C29H35BN4O5S/c1-18-24(40-17-32-18)20-12-10-19(11-13-20)16-31-27(36)23-9-6-14-34(23)28(37)25(29(2,3)4)33-26(35)21-7-5-8-22(15-21)30(38)39/h5,7-8,10-13,15,17,23,25,38-39H,6,9,14,16H2,1-4H3,(H,31,36)(H,33,35)/t23-,25+/m0/s1. The lowest BCUT2D eigenvalue weighted by molar-refractivity contribution is -0.141. The fourth-order valence-corrected chi connectivity index (χ4v) is 5.64. The van der Waals surface area contributed by atoms with Crippen LogP contribution in [0.4, 0.5) is 0 Å². The molecule has 2 aromatic carbocycles. The molecule has 0 unspecified atom stereocenters. The van der Waals surface area contributed by atoms with Gasteiger partial charge in [-0.15, -0.1) is 11.3 Å². The maximum Gasteiger partial charge on any atom is 0.488 e. The fourth-order valence-electron chi connectivity index (χ4n) is 4.83. The van der Waals surface area contributed by atoms with E-state index in [4.69, 9.17) is 0 Å². The van der Waals surface area contributed by atoms with E-state index >= 15 is 0 Å². The Labute approximate surface area is 238 Å². The highest BCUT2D eigenvalue weighted by molar-refractivity contribution is 7.13. The van der Waals surface area contributed by atoms with Gasteiger partial charge in [0.15, 0.2) is 0 Å². The lowest BCUT2D eigenvalue weighted by atomic mass is 9.79. The molecule has 1 aliphatic heterocycles. The van der Waals surface area contributed by atoms with Crippen LogP contribution in [0.15, 0.2) is 54.0 Å². The van der Waals surface area contributed by atoms with E-state index in [-0.39, 0.29) is 22.8 Å². The molecule has 1 saturated heterocycles. The molecule has 2 heterocycles. The van der Waals surface area contributed by atoms with Crippen LogP contribution < -0.4 is 16.1 Å². The lowest BCUT2D eigenvalue weighted by Gasteiger charge is -2.35. The van der Waals surface area contributed by atoms with Gasteiger partial charge in [-0.2, -0.15) is 0 Å². The van der Waals surface area contributed by atoms with Gasteiger partial charge in [0.2, 0.25) is 11.8 Å². The molecule has 4 rings (SSSR count). The van der Waals surface area contributed by atoms with E-state index in [2.05, 4.69) is 15.6 Å². The van der Waals surface area contributed by atoms with E-state index in [1.807, 2.05) is 57.5 Å². The van der Waals surface area contributed by atoms with Crippen LogP contribution in [0.1, 0.15) is 55.2 Å². The van der Waals surface area contributed by atoms with Crippen molar-refractivity contribution in [1.29, 1.82) is 0 Å². The highest BCUT2D eigenvalue weighted by atomic mass is 32.1. The van der Waals surface area contributed by atoms with Crippen LogP contribution in [0.5, 0.6) is 0 Å². The van der Waals surface area contributed by atoms with Crippen LogP contribution in [0.2, 0.25) is 0 Å². The number of thiazole rings is 1. The third-order valence-corrected chi connectivity index (χ3v) is 8.08. The topological polar surface area (TPSA) is 132 Å². The third-order valence-electron chi connectivity index (χ3n) is 7.10. The Morgan fingerprint density at radius 2 is 1.88 bits per heavy atom. The third kappa shape index (κ3) is 6.78. The summed E-state index contributed by atoms with van der Waals surface area (Å²) in [5, 5.41) is 24.7. The minimum Gasteiger partial charge on any atom is -0.423 e. The molecule has 40 heavy (non-hydrogen) atoms. The van der Waals surface area contributed by atoms with E-state index in [9.17, 15) is 24.4 Å². The zero-order chi connectivity index (χ0) is 29.0. The summed E-state index contributed by atoms with van der Waals surface area (Å²) in [5.41, 5.74) is 4.59. The van der Waals surface area contributed by atoms with Crippen LogP contribution in [0, 0.1) is 12.3 Å². The molecule has 3 aromatic rings. The van der Waals surface area contributed by atoms with Crippen molar-refractivity contribution >= 4 is 41.6 Å². The van der Waals surface area contributed by atoms with Crippen LogP contribution in [-0.4, -0.2) is 63.4 Å². The number of nitrogens with one attached hydrogen (secondary N) is 2. The van der Waals surface area contributed by atoms with Gasteiger partial charge < -0.3 is 25.6 Å². The van der Waals surface area contributed by atoms with Gasteiger partial charge in [-0.25, -0.2) is 4.98 Å². The summed E-state index contributed by atoms with van der Waals surface area (Å²) in [7, 11) is -1.71. The van der Waals surface area contributed by atoms with E-state index in [1.54, 1.807) is 28.4 Å². The predicted octanol–water partition coefficient (Wildman–Crippen LogP) is 2.25. The first-order chi connectivity index (χ1) is 19.0. The summed E-state index contributed by atoms with van der Waals surface area (Å²) in [4.78, 5) is 47.0. The number of carbonyl (C=O) groups excluding carboxylic acids is 3. The van der Waals surface area contributed by atoms with E-state index in [1.165, 1.54) is 12.1 Å². The highest BCUT2D eigenvalue weighted by Gasteiger charge is 2.42. The smallest absolute Gasteiger partial charge is 0.423 e. The van der Waals surface area contributed by atoms with Crippen LogP contribution in [0.25, 0.3) is 10.4 Å². The lowest BCUT2D eigenvalue weighted by Crippen LogP contribution is -2.57. The summed E-state index contributed by atoms with van der Waals surface area (Å²) < 4.78 is 0. The number of benzene rings is 2. The molecular formula is C29H35BN4O5S. The monoisotopic (exact) mass is 562 g/mol. The maximum absolute atomic E-state index is 13.7. The summed E-state index contributed by atoms with van der Waals surface area (Å²) in [6, 6.07) is 12.4. The molecule has 0 spiro atoms. The molecule has 0 aliphatic carbocycles. The molecule has 210 valence electrons. The van der Waals surface area contributed by atoms with E-state index < -0.39 is 30.5 Å². The molecule has 2 atom stereocenters. The molecule has 9 nitrogen and oxygen atoms in total. The van der Waals surface area contributed by atoms with Crippen molar-refractivity contribution in [3.05, 3.63) is 70.9 Å². The van der Waals surface area contributed by atoms with Crippen LogP contribution >= 0.6 is 11.3 Å². The van der Waals surface area contributed by atoms with Gasteiger partial charge in [0, 0.05) is 18.7 Å². The van der Waals surface area contributed by atoms with Crippen LogP contribution in [-0.2, 0) is 16.1 Å². The van der Waals surface area contributed by atoms with Gasteiger partial charge in [-0.3, -0.25) is 14.4 Å². The van der Waals surface area contributed by atoms with Crippen molar-refractivity contribution in [1.82, 2.24) is 20.5 Å². The summed E-state index contributed by atoms with van der Waals surface area (Å²) in [6.07, 6.45) is 1.23. The molecule has 11 heteroatoms. The number of aromatic nitrogens is 1. The quantitative estimate of drug-likeness (QED) is 0.312. The Hall–Kier alpha value is -3.54. The Balaban J connectivity index is 1.42. The van der Waals surface area contributed by atoms with Crippen LogP contribution in [0.3, 0.4) is 0 Å². The van der Waals surface area contributed by atoms with E-state index in [0.717, 1.165) is 21.7 Å². The van der Waals surface area contributed by atoms with Crippen molar-refractivity contribution in [2.75, 3.05) is 6.54 Å². The summed E-state index contributed by atoms with van der Waals surface area (Å²) >= 11 is 1.59. The molecule has 4 N–H and O–H groups in total. The predicted molar refractivity (Wildman–Crippen MR) is 156 cm³/mol. The zero-order valence-corrected chi connectivity index (χ0v) is 24.0. The van der Waals surface area contributed by atoms with Crippen molar-refractivity contribution in [3.63, 3.8) is 0 Å². The number of carbonyl (C=O) groups is 3. The molecule has 1 fully saturated rings. The number of rotatable bonds is 8. The molecule has 0 bridgehead atoms. The average Bonchev–Trinajstić information content (AvgIpc) is 3.59. The SMILES string of the molecule is Cc1ncsc1-c1ccc(CNC(=O)[C@@H]2CCCN2C(=O)[C@@H](NC(=O)c2cccc(B(O)O)c2)C(C)(C)C)cc1. The molecule has 0 radical (unpaired) electrons. The van der Waals surface area contributed by atoms with Crippen molar-refractivity contribution < 1.29 is 24.4 Å². The zero-order valence-electron chi connectivity index (χ0n) is 23.2. The Morgan fingerprint density at radius 3 is 2.50 bits per heavy atom. The van der Waals surface area contributed by atoms with Gasteiger partial charge in [-0.05, 0) is 53.9 Å². The summed E-state index contributed by atoms with van der Waals surface area (Å²) in [5.74, 6) is -1.05. The van der Waals surface area contributed by atoms with Gasteiger partial charge in [0.25, 0.3) is 5.91 Å². The number of amides is 3. The highest BCUT2D eigenvalue weighted by Crippen LogP contribution is 2.28. The average molecular weight is 563 g/mol. The first-order valence-corrected chi connectivity index (χ1v) is 14.2. The van der Waals surface area contributed by atoms with Gasteiger partial charge in [0.1, 0.15) is 12.1 Å². The maximum atomic E-state index is 13.7. The Kier molecular flexibility index (Phi) is 9.07. The molecule has 1 aliphatic rings. The van der Waals surface area contributed by atoms with Crippen molar-refractivity contribution in [2.24, 2.45) is 5.41 Å². The number of hydrogen-bond donors (Lipinski definition) is 4. The normalized spacial score (nSPS) is 15.9. The number of likely N-dealkylation sites (tertiary alicyclic amines) is 1.